The summed E-state index contributed by atoms with van der Waals surface area (Å²) < 4.78 is 5.95. The molecule has 22 heavy (non-hydrogen) atoms. The molecule has 5 nitrogen and oxygen atoms in total. The maximum Gasteiger partial charge on any atom is 0.341 e. The van der Waals surface area contributed by atoms with Gasteiger partial charge in [0, 0.05) is 16.2 Å². The van der Waals surface area contributed by atoms with Crippen molar-refractivity contribution in [3.8, 4) is 0 Å². The lowest BCUT2D eigenvalue weighted by molar-refractivity contribution is -0.130. The molecular weight excluding hydrogens is 348 g/mol. The maximum atomic E-state index is 12.1. The Labute approximate surface area is 138 Å². The first kappa shape index (κ1) is 16.8. The molecule has 1 atom stereocenters. The van der Waals surface area contributed by atoms with Gasteiger partial charge in [0.25, 0.3) is 5.91 Å². The Morgan fingerprint density at radius 2 is 2.00 bits per heavy atom. The molecule has 1 aliphatic rings. The van der Waals surface area contributed by atoms with Crippen LogP contribution in [-0.4, -0.2) is 24.0 Å². The largest absolute Gasteiger partial charge is 0.449 e. The van der Waals surface area contributed by atoms with Crippen LogP contribution in [0.5, 0.6) is 0 Å². The summed E-state index contributed by atoms with van der Waals surface area (Å²) in [4.78, 5) is 24.2. The Morgan fingerprint density at radius 3 is 2.68 bits per heavy atom. The van der Waals surface area contributed by atoms with Crippen molar-refractivity contribution in [1.29, 1.82) is 0 Å². The summed E-state index contributed by atoms with van der Waals surface area (Å²) in [5.41, 5.74) is 6.35. The fourth-order valence-corrected chi connectivity index (χ4v) is 2.91. The van der Waals surface area contributed by atoms with Crippen molar-refractivity contribution in [2.75, 3.05) is 5.73 Å². The molecule has 0 heterocycles. The minimum atomic E-state index is -0.840. The first-order chi connectivity index (χ1) is 10.5. The van der Waals surface area contributed by atoms with E-state index in [9.17, 15) is 9.59 Å². The molecule has 0 bridgehead atoms. The Balaban J connectivity index is 1.92. The molecule has 1 amide bonds. The van der Waals surface area contributed by atoms with Crippen molar-refractivity contribution in [1.82, 2.24) is 5.32 Å². The van der Waals surface area contributed by atoms with E-state index in [1.54, 1.807) is 25.1 Å². The van der Waals surface area contributed by atoms with Gasteiger partial charge in [0.1, 0.15) is 0 Å². The first-order valence-corrected chi connectivity index (χ1v) is 8.33. The van der Waals surface area contributed by atoms with Gasteiger partial charge in [-0.15, -0.1) is 0 Å². The lowest BCUT2D eigenvalue weighted by Gasteiger charge is -2.24. The molecular formula is C16H21BrN2O3. The first-order valence-electron chi connectivity index (χ1n) is 7.53. The van der Waals surface area contributed by atoms with Crippen LogP contribution in [0, 0.1) is 0 Å². The molecule has 1 unspecified atom stereocenters. The molecule has 1 aliphatic carbocycles. The number of anilines is 1. The van der Waals surface area contributed by atoms with Crippen LogP contribution in [0.25, 0.3) is 0 Å². The van der Waals surface area contributed by atoms with E-state index in [2.05, 4.69) is 21.2 Å². The molecule has 120 valence electrons. The summed E-state index contributed by atoms with van der Waals surface area (Å²) in [6, 6.07) is 5.14. The van der Waals surface area contributed by atoms with Gasteiger partial charge in [0.15, 0.2) is 6.10 Å². The molecule has 1 saturated carbocycles. The number of carbonyl (C=O) groups is 2. The smallest absolute Gasteiger partial charge is 0.341 e. The number of carbonyl (C=O) groups excluding carboxylic acids is 2. The van der Waals surface area contributed by atoms with Crippen molar-refractivity contribution >= 4 is 33.5 Å². The molecule has 3 N–H and O–H groups in total. The third-order valence-corrected chi connectivity index (χ3v) is 4.33. The minimum absolute atomic E-state index is 0.193. The van der Waals surface area contributed by atoms with E-state index in [0.717, 1.165) is 30.2 Å². The highest BCUT2D eigenvalue weighted by Crippen LogP contribution is 2.20. The lowest BCUT2D eigenvalue weighted by atomic mass is 9.95. The second kappa shape index (κ2) is 7.63. The van der Waals surface area contributed by atoms with Crippen LogP contribution in [0.1, 0.15) is 49.4 Å². The summed E-state index contributed by atoms with van der Waals surface area (Å²) in [6.07, 6.45) is 4.63. The molecule has 1 aromatic carbocycles. The normalized spacial score (nSPS) is 16.8. The number of halogens is 1. The number of nitrogens with two attached hydrogens (primary N) is 1. The molecule has 6 heteroatoms. The van der Waals surface area contributed by atoms with Gasteiger partial charge in [-0.05, 0) is 38.0 Å². The van der Waals surface area contributed by atoms with E-state index in [0.29, 0.717) is 5.69 Å². The van der Waals surface area contributed by atoms with Gasteiger partial charge in [-0.3, -0.25) is 4.79 Å². The second-order valence-electron chi connectivity index (χ2n) is 5.62. The highest BCUT2D eigenvalue weighted by molar-refractivity contribution is 9.10. The molecule has 1 fully saturated rings. The Bertz CT molecular complexity index is 556. The standard InChI is InChI=1S/C16H21BrN2O3/c1-10(15(20)19-12-5-3-2-4-6-12)22-16(21)13-9-11(17)7-8-14(13)18/h7-10,12H,2-6,18H2,1H3,(H,19,20). The predicted molar refractivity (Wildman–Crippen MR) is 88.4 cm³/mol. The molecule has 0 aromatic heterocycles. The SMILES string of the molecule is CC(OC(=O)c1cc(Br)ccc1N)C(=O)NC1CCCCC1. The third-order valence-electron chi connectivity index (χ3n) is 3.84. The monoisotopic (exact) mass is 368 g/mol. The highest BCUT2D eigenvalue weighted by atomic mass is 79.9. The fraction of sp³-hybridized carbons (Fsp3) is 0.500. The average molecular weight is 369 g/mol. The number of amides is 1. The summed E-state index contributed by atoms with van der Waals surface area (Å²) in [5, 5.41) is 2.94. The molecule has 0 saturated heterocycles. The Morgan fingerprint density at radius 1 is 1.32 bits per heavy atom. The Kier molecular flexibility index (Phi) is 5.83. The lowest BCUT2D eigenvalue weighted by Crippen LogP contribution is -2.42. The summed E-state index contributed by atoms with van der Waals surface area (Å²) in [7, 11) is 0. The van der Waals surface area contributed by atoms with Crippen molar-refractivity contribution < 1.29 is 14.3 Å². The number of nitrogens with one attached hydrogen (secondary N) is 1. The number of esters is 1. The third kappa shape index (κ3) is 4.47. The minimum Gasteiger partial charge on any atom is -0.449 e. The molecule has 2 rings (SSSR count). The number of ether oxygens (including phenoxy) is 1. The molecule has 0 spiro atoms. The van der Waals surface area contributed by atoms with Gasteiger partial charge in [0.05, 0.1) is 5.56 Å². The van der Waals surface area contributed by atoms with Crippen LogP contribution in [0.3, 0.4) is 0 Å². The van der Waals surface area contributed by atoms with Crippen molar-refractivity contribution in [2.45, 2.75) is 51.2 Å². The van der Waals surface area contributed by atoms with Crippen LogP contribution in [0.15, 0.2) is 22.7 Å². The predicted octanol–water partition coefficient (Wildman–Crippen LogP) is 3.03. The van der Waals surface area contributed by atoms with Gasteiger partial charge < -0.3 is 15.8 Å². The van der Waals surface area contributed by atoms with Crippen LogP contribution in [-0.2, 0) is 9.53 Å². The van der Waals surface area contributed by atoms with Crippen molar-refractivity contribution in [2.24, 2.45) is 0 Å². The average Bonchev–Trinajstić information content (AvgIpc) is 2.50. The van der Waals surface area contributed by atoms with E-state index in [1.165, 1.54) is 6.42 Å². The van der Waals surface area contributed by atoms with Crippen LogP contribution in [0.4, 0.5) is 5.69 Å². The number of rotatable bonds is 4. The molecule has 1 aromatic rings. The van der Waals surface area contributed by atoms with E-state index in [-0.39, 0.29) is 17.5 Å². The van der Waals surface area contributed by atoms with Gasteiger partial charge in [-0.2, -0.15) is 0 Å². The van der Waals surface area contributed by atoms with Gasteiger partial charge in [-0.1, -0.05) is 35.2 Å². The molecule has 0 aliphatic heterocycles. The van der Waals surface area contributed by atoms with Crippen molar-refractivity contribution in [3.63, 3.8) is 0 Å². The zero-order valence-electron chi connectivity index (χ0n) is 12.6. The fourth-order valence-electron chi connectivity index (χ4n) is 2.55. The van der Waals surface area contributed by atoms with Gasteiger partial charge in [-0.25, -0.2) is 4.79 Å². The zero-order chi connectivity index (χ0) is 16.1. The van der Waals surface area contributed by atoms with Crippen LogP contribution < -0.4 is 11.1 Å². The van der Waals surface area contributed by atoms with E-state index >= 15 is 0 Å². The summed E-state index contributed by atoms with van der Waals surface area (Å²) >= 11 is 3.28. The molecule has 0 radical (unpaired) electrons. The van der Waals surface area contributed by atoms with E-state index < -0.39 is 12.1 Å². The topological polar surface area (TPSA) is 81.4 Å². The quantitative estimate of drug-likeness (QED) is 0.632. The number of benzene rings is 1. The van der Waals surface area contributed by atoms with Crippen LogP contribution in [0.2, 0.25) is 0 Å². The van der Waals surface area contributed by atoms with Gasteiger partial charge in [0.2, 0.25) is 0 Å². The number of hydrogen-bond acceptors (Lipinski definition) is 4. The number of hydrogen-bond donors (Lipinski definition) is 2. The summed E-state index contributed by atoms with van der Waals surface area (Å²) in [5.74, 6) is -0.848. The van der Waals surface area contributed by atoms with E-state index in [1.807, 2.05) is 0 Å². The second-order valence-corrected chi connectivity index (χ2v) is 6.54. The number of nitrogen functional groups attached to an aromatic ring is 1. The summed E-state index contributed by atoms with van der Waals surface area (Å²) in [6.45, 7) is 1.57. The zero-order valence-corrected chi connectivity index (χ0v) is 14.2. The van der Waals surface area contributed by atoms with Crippen molar-refractivity contribution in [3.05, 3.63) is 28.2 Å². The van der Waals surface area contributed by atoms with Gasteiger partial charge >= 0.3 is 5.97 Å². The van der Waals surface area contributed by atoms with E-state index in [4.69, 9.17) is 10.5 Å². The van der Waals surface area contributed by atoms with Crippen LogP contribution >= 0.6 is 15.9 Å². The highest BCUT2D eigenvalue weighted by Gasteiger charge is 2.23. The Hall–Kier alpha value is -1.56. The maximum absolute atomic E-state index is 12.1.